The predicted octanol–water partition coefficient (Wildman–Crippen LogP) is 2.55. The minimum atomic E-state index is -0.139. The van der Waals surface area contributed by atoms with Crippen LogP contribution >= 0.6 is 11.8 Å². The van der Waals surface area contributed by atoms with Gasteiger partial charge in [0.05, 0.1) is 5.84 Å². The van der Waals surface area contributed by atoms with Crippen LogP contribution in [0.1, 0.15) is 40.5 Å². The number of nitrogens with one attached hydrogen (secondary N) is 1. The van der Waals surface area contributed by atoms with Gasteiger partial charge in [0.25, 0.3) is 0 Å². The summed E-state index contributed by atoms with van der Waals surface area (Å²) in [5.74, 6) is 1.56. The van der Waals surface area contributed by atoms with Crippen LogP contribution in [0.2, 0.25) is 0 Å². The molecular weight excluding hydrogens is 230 g/mol. The van der Waals surface area contributed by atoms with Crippen molar-refractivity contribution in [2.75, 3.05) is 18.8 Å². The SMILES string of the molecule is CC1SCCN(CCCC(C)(C)C(=N)N)C1C. The van der Waals surface area contributed by atoms with Crippen LogP contribution in [0.5, 0.6) is 0 Å². The standard InChI is InChI=1S/C13H27N3S/c1-10-11(2)17-9-8-16(10)7-5-6-13(3,4)12(14)15/h10-11H,5-9H2,1-4H3,(H3,14,15). The summed E-state index contributed by atoms with van der Waals surface area (Å²) in [4.78, 5) is 2.58. The summed E-state index contributed by atoms with van der Waals surface area (Å²) < 4.78 is 0. The van der Waals surface area contributed by atoms with Crippen molar-refractivity contribution >= 4 is 17.6 Å². The molecular formula is C13H27N3S. The third-order valence-electron chi connectivity index (χ3n) is 3.99. The topological polar surface area (TPSA) is 53.1 Å². The molecule has 4 heteroatoms. The molecule has 0 aromatic heterocycles. The van der Waals surface area contributed by atoms with Crippen LogP contribution in [0.4, 0.5) is 0 Å². The molecule has 0 bridgehead atoms. The highest BCUT2D eigenvalue weighted by atomic mass is 32.2. The number of amidine groups is 1. The van der Waals surface area contributed by atoms with Gasteiger partial charge in [-0.3, -0.25) is 10.3 Å². The molecule has 0 radical (unpaired) electrons. The lowest BCUT2D eigenvalue weighted by Crippen LogP contribution is -2.45. The maximum Gasteiger partial charge on any atom is 0.0963 e. The monoisotopic (exact) mass is 257 g/mol. The first-order chi connectivity index (χ1) is 7.84. The first kappa shape index (κ1) is 14.8. The lowest BCUT2D eigenvalue weighted by atomic mass is 9.86. The number of thioether (sulfide) groups is 1. The van der Waals surface area contributed by atoms with Gasteiger partial charge in [0.2, 0.25) is 0 Å². The van der Waals surface area contributed by atoms with Crippen molar-refractivity contribution in [2.24, 2.45) is 11.1 Å². The molecule has 2 atom stereocenters. The molecule has 0 aliphatic carbocycles. The Morgan fingerprint density at radius 3 is 2.71 bits per heavy atom. The van der Waals surface area contributed by atoms with Gasteiger partial charge in [-0.25, -0.2) is 0 Å². The molecule has 3 nitrogen and oxygen atoms in total. The number of hydrogen-bond acceptors (Lipinski definition) is 3. The van der Waals surface area contributed by atoms with Gasteiger partial charge in [0, 0.05) is 29.0 Å². The van der Waals surface area contributed by atoms with E-state index in [-0.39, 0.29) is 5.41 Å². The fourth-order valence-corrected chi connectivity index (χ4v) is 3.33. The second kappa shape index (κ2) is 6.10. The Kier molecular flexibility index (Phi) is 5.32. The van der Waals surface area contributed by atoms with Gasteiger partial charge in [-0.05, 0) is 26.3 Å². The summed E-state index contributed by atoms with van der Waals surface area (Å²) in [6, 6.07) is 0.675. The Morgan fingerprint density at radius 2 is 2.12 bits per heavy atom. The van der Waals surface area contributed by atoms with E-state index in [1.165, 1.54) is 12.3 Å². The molecule has 1 heterocycles. The van der Waals surface area contributed by atoms with Crippen LogP contribution in [0.25, 0.3) is 0 Å². The van der Waals surface area contributed by atoms with E-state index >= 15 is 0 Å². The Labute approximate surface area is 110 Å². The summed E-state index contributed by atoms with van der Waals surface area (Å²) in [6.07, 6.45) is 2.14. The fraction of sp³-hybridized carbons (Fsp3) is 0.923. The van der Waals surface area contributed by atoms with E-state index < -0.39 is 0 Å². The zero-order chi connectivity index (χ0) is 13.1. The smallest absolute Gasteiger partial charge is 0.0963 e. The first-order valence-corrected chi connectivity index (χ1v) is 7.59. The molecule has 3 N–H and O–H groups in total. The minimum Gasteiger partial charge on any atom is -0.387 e. The first-order valence-electron chi connectivity index (χ1n) is 6.55. The molecule has 0 spiro atoms. The highest BCUT2D eigenvalue weighted by molar-refractivity contribution is 8.00. The summed E-state index contributed by atoms with van der Waals surface area (Å²) in [5.41, 5.74) is 5.47. The second-order valence-corrected chi connectivity index (χ2v) is 7.24. The Balaban J connectivity index is 2.33. The van der Waals surface area contributed by atoms with E-state index in [4.69, 9.17) is 11.1 Å². The second-order valence-electron chi connectivity index (χ2n) is 5.75. The van der Waals surface area contributed by atoms with Gasteiger partial charge in [0.1, 0.15) is 0 Å². The van der Waals surface area contributed by atoms with Gasteiger partial charge < -0.3 is 5.73 Å². The quantitative estimate of drug-likeness (QED) is 0.588. The van der Waals surface area contributed by atoms with Crippen molar-refractivity contribution < 1.29 is 0 Å². The fourth-order valence-electron chi connectivity index (χ4n) is 2.17. The number of rotatable bonds is 5. The predicted molar refractivity (Wildman–Crippen MR) is 77.9 cm³/mol. The Bertz CT molecular complexity index is 265. The Morgan fingerprint density at radius 1 is 1.47 bits per heavy atom. The molecule has 1 aliphatic heterocycles. The molecule has 2 unspecified atom stereocenters. The van der Waals surface area contributed by atoms with Crippen LogP contribution in [0.3, 0.4) is 0 Å². The molecule has 1 rings (SSSR count). The summed E-state index contributed by atoms with van der Waals surface area (Å²) in [5, 5.41) is 8.29. The molecule has 0 amide bonds. The molecule has 0 aromatic rings. The van der Waals surface area contributed by atoms with Crippen LogP contribution in [0.15, 0.2) is 0 Å². The van der Waals surface area contributed by atoms with Crippen molar-refractivity contribution in [3.05, 3.63) is 0 Å². The maximum atomic E-state index is 7.55. The van der Waals surface area contributed by atoms with Crippen LogP contribution in [-0.2, 0) is 0 Å². The molecule has 1 aliphatic rings. The summed E-state index contributed by atoms with van der Waals surface area (Å²) in [7, 11) is 0. The highest BCUT2D eigenvalue weighted by Crippen LogP contribution is 2.26. The molecule has 1 saturated heterocycles. The zero-order valence-corrected chi connectivity index (χ0v) is 12.4. The van der Waals surface area contributed by atoms with Gasteiger partial charge >= 0.3 is 0 Å². The molecule has 0 saturated carbocycles. The van der Waals surface area contributed by atoms with Crippen molar-refractivity contribution in [3.8, 4) is 0 Å². The van der Waals surface area contributed by atoms with Gasteiger partial charge in [0.15, 0.2) is 0 Å². The van der Waals surface area contributed by atoms with Crippen molar-refractivity contribution in [1.29, 1.82) is 5.41 Å². The minimum absolute atomic E-state index is 0.139. The number of nitrogens with two attached hydrogens (primary N) is 1. The van der Waals surface area contributed by atoms with Crippen molar-refractivity contribution in [3.63, 3.8) is 0 Å². The largest absolute Gasteiger partial charge is 0.387 e. The van der Waals surface area contributed by atoms with Crippen molar-refractivity contribution in [2.45, 2.75) is 51.8 Å². The van der Waals surface area contributed by atoms with E-state index in [1.807, 2.05) is 0 Å². The third kappa shape index (κ3) is 4.18. The molecule has 1 fully saturated rings. The average Bonchev–Trinajstić information content (AvgIpc) is 2.24. The maximum absolute atomic E-state index is 7.55. The third-order valence-corrected chi connectivity index (χ3v) is 5.33. The highest BCUT2D eigenvalue weighted by Gasteiger charge is 2.26. The molecule has 17 heavy (non-hydrogen) atoms. The average molecular weight is 257 g/mol. The van der Waals surface area contributed by atoms with E-state index in [9.17, 15) is 0 Å². The van der Waals surface area contributed by atoms with E-state index in [1.54, 1.807) is 0 Å². The van der Waals surface area contributed by atoms with Crippen molar-refractivity contribution in [1.82, 2.24) is 4.90 Å². The molecule has 0 aromatic carbocycles. The van der Waals surface area contributed by atoms with Crippen LogP contribution in [0, 0.1) is 10.8 Å². The van der Waals surface area contributed by atoms with E-state index in [2.05, 4.69) is 44.4 Å². The van der Waals surface area contributed by atoms with E-state index in [0.717, 1.165) is 24.6 Å². The Hall–Kier alpha value is -0.220. The number of nitrogens with zero attached hydrogens (tertiary/aromatic N) is 1. The summed E-state index contributed by atoms with van der Waals surface area (Å²) >= 11 is 2.08. The lowest BCUT2D eigenvalue weighted by molar-refractivity contribution is 0.203. The van der Waals surface area contributed by atoms with Crippen LogP contribution in [-0.4, -0.2) is 40.9 Å². The number of hydrogen-bond donors (Lipinski definition) is 2. The van der Waals surface area contributed by atoms with Crippen LogP contribution < -0.4 is 5.73 Å². The van der Waals surface area contributed by atoms with E-state index in [0.29, 0.717) is 11.9 Å². The normalized spacial score (nSPS) is 27.1. The zero-order valence-electron chi connectivity index (χ0n) is 11.6. The molecule has 100 valence electrons. The lowest BCUT2D eigenvalue weighted by Gasteiger charge is -2.38. The van der Waals surface area contributed by atoms with Gasteiger partial charge in [-0.1, -0.05) is 20.8 Å². The van der Waals surface area contributed by atoms with Gasteiger partial charge in [-0.2, -0.15) is 11.8 Å². The summed E-state index contributed by atoms with van der Waals surface area (Å²) in [6.45, 7) is 11.1. The van der Waals surface area contributed by atoms with Gasteiger partial charge in [-0.15, -0.1) is 0 Å².